The average molecular weight is 354 g/mol. The molecule has 2 unspecified atom stereocenters. The van der Waals surface area contributed by atoms with Crippen molar-refractivity contribution in [1.82, 2.24) is 0 Å². The SMILES string of the molecule is COC(=O)c1ccc2cc(C3CC[C@H]4CC(C)CC[C@@H]4C3)cc(F)c2c1. The van der Waals surface area contributed by atoms with Crippen LogP contribution in [0, 0.1) is 23.6 Å². The highest BCUT2D eigenvalue weighted by Gasteiger charge is 2.35. The van der Waals surface area contributed by atoms with E-state index in [1.165, 1.54) is 45.6 Å². The number of halogens is 1. The molecule has 0 heterocycles. The summed E-state index contributed by atoms with van der Waals surface area (Å²) in [4.78, 5) is 11.7. The molecule has 0 N–H and O–H groups in total. The topological polar surface area (TPSA) is 26.3 Å². The van der Waals surface area contributed by atoms with Crippen molar-refractivity contribution < 1.29 is 13.9 Å². The molecule has 3 heteroatoms. The molecule has 26 heavy (non-hydrogen) atoms. The molecule has 2 nitrogen and oxygen atoms in total. The first-order valence-electron chi connectivity index (χ1n) is 9.86. The molecule has 4 atom stereocenters. The summed E-state index contributed by atoms with van der Waals surface area (Å²) in [5.41, 5.74) is 1.52. The van der Waals surface area contributed by atoms with Gasteiger partial charge in [0.15, 0.2) is 0 Å². The van der Waals surface area contributed by atoms with Crippen LogP contribution in [0.1, 0.15) is 67.3 Å². The molecule has 0 amide bonds. The molecule has 2 aliphatic rings. The largest absolute Gasteiger partial charge is 0.465 e. The molecule has 138 valence electrons. The van der Waals surface area contributed by atoms with Crippen LogP contribution in [-0.2, 0) is 4.74 Å². The van der Waals surface area contributed by atoms with Gasteiger partial charge in [-0.15, -0.1) is 0 Å². The minimum Gasteiger partial charge on any atom is -0.465 e. The van der Waals surface area contributed by atoms with E-state index in [0.29, 0.717) is 16.9 Å². The summed E-state index contributed by atoms with van der Waals surface area (Å²) in [5, 5.41) is 1.36. The number of rotatable bonds is 2. The highest BCUT2D eigenvalue weighted by molar-refractivity contribution is 5.95. The van der Waals surface area contributed by atoms with Crippen molar-refractivity contribution in [3.8, 4) is 0 Å². The summed E-state index contributed by atoms with van der Waals surface area (Å²) in [5.74, 6) is 2.36. The Morgan fingerprint density at radius 2 is 1.81 bits per heavy atom. The van der Waals surface area contributed by atoms with Crippen molar-refractivity contribution in [3.63, 3.8) is 0 Å². The van der Waals surface area contributed by atoms with E-state index < -0.39 is 5.97 Å². The molecule has 2 aromatic carbocycles. The molecule has 2 aromatic rings. The van der Waals surface area contributed by atoms with E-state index >= 15 is 0 Å². The quantitative estimate of drug-likeness (QED) is 0.610. The molecule has 2 fully saturated rings. The number of hydrogen-bond acceptors (Lipinski definition) is 2. The fourth-order valence-electron chi connectivity index (χ4n) is 5.24. The van der Waals surface area contributed by atoms with Gasteiger partial charge in [-0.1, -0.05) is 25.5 Å². The summed E-state index contributed by atoms with van der Waals surface area (Å²) >= 11 is 0. The Morgan fingerprint density at radius 3 is 2.62 bits per heavy atom. The van der Waals surface area contributed by atoms with Gasteiger partial charge in [0.25, 0.3) is 0 Å². The Labute approximate surface area is 154 Å². The second-order valence-corrected chi connectivity index (χ2v) is 8.38. The van der Waals surface area contributed by atoms with Gasteiger partial charge in [0.05, 0.1) is 12.7 Å². The summed E-state index contributed by atoms with van der Waals surface area (Å²) in [7, 11) is 1.34. The van der Waals surface area contributed by atoms with Gasteiger partial charge in [0.2, 0.25) is 0 Å². The van der Waals surface area contributed by atoms with Gasteiger partial charge < -0.3 is 4.74 Å². The highest BCUT2D eigenvalue weighted by Crippen LogP contribution is 2.47. The number of carbonyl (C=O) groups is 1. The van der Waals surface area contributed by atoms with Gasteiger partial charge in [0, 0.05) is 5.39 Å². The second kappa shape index (κ2) is 7.02. The van der Waals surface area contributed by atoms with Crippen molar-refractivity contribution in [2.24, 2.45) is 17.8 Å². The summed E-state index contributed by atoms with van der Waals surface area (Å²) in [6, 6.07) is 8.97. The number of methoxy groups -OCH3 is 1. The summed E-state index contributed by atoms with van der Waals surface area (Å²) in [6.45, 7) is 2.38. The molecule has 2 aliphatic carbocycles. The maximum Gasteiger partial charge on any atom is 0.337 e. The number of ether oxygens (including phenoxy) is 1. The predicted octanol–water partition coefficient (Wildman–Crippen LogP) is 6.09. The zero-order valence-electron chi connectivity index (χ0n) is 15.6. The van der Waals surface area contributed by atoms with Crippen LogP contribution in [0.25, 0.3) is 10.8 Å². The van der Waals surface area contributed by atoms with Crippen LogP contribution in [0.4, 0.5) is 4.39 Å². The predicted molar refractivity (Wildman–Crippen MR) is 102 cm³/mol. The van der Waals surface area contributed by atoms with Crippen molar-refractivity contribution in [3.05, 3.63) is 47.3 Å². The maximum atomic E-state index is 14.8. The first-order chi connectivity index (χ1) is 12.5. The first kappa shape index (κ1) is 17.5. The number of hydrogen-bond donors (Lipinski definition) is 0. The lowest BCUT2D eigenvalue weighted by Crippen LogP contribution is -2.29. The van der Waals surface area contributed by atoms with Crippen molar-refractivity contribution in [2.45, 2.75) is 51.4 Å². The summed E-state index contributed by atoms with van der Waals surface area (Å²) in [6.07, 6.45) is 7.69. The third-order valence-electron chi connectivity index (χ3n) is 6.69. The van der Waals surface area contributed by atoms with Crippen molar-refractivity contribution in [2.75, 3.05) is 7.11 Å². The van der Waals surface area contributed by atoms with Crippen LogP contribution in [-0.4, -0.2) is 13.1 Å². The van der Waals surface area contributed by atoms with Crippen LogP contribution in [0.3, 0.4) is 0 Å². The Morgan fingerprint density at radius 1 is 1.04 bits per heavy atom. The summed E-state index contributed by atoms with van der Waals surface area (Å²) < 4.78 is 19.5. The lowest BCUT2D eigenvalue weighted by Gasteiger charge is -2.41. The molecule has 2 saturated carbocycles. The molecular weight excluding hydrogens is 327 g/mol. The highest BCUT2D eigenvalue weighted by atomic mass is 19.1. The van der Waals surface area contributed by atoms with Gasteiger partial charge in [-0.2, -0.15) is 0 Å². The van der Waals surface area contributed by atoms with Crippen LogP contribution in [0.15, 0.2) is 30.3 Å². The van der Waals surface area contributed by atoms with Crippen LogP contribution >= 0.6 is 0 Å². The fourth-order valence-corrected chi connectivity index (χ4v) is 5.24. The molecule has 0 bridgehead atoms. The normalized spacial score (nSPS) is 28.6. The third-order valence-corrected chi connectivity index (χ3v) is 6.69. The van der Waals surface area contributed by atoms with E-state index in [2.05, 4.69) is 13.0 Å². The average Bonchev–Trinajstić information content (AvgIpc) is 2.66. The Kier molecular flexibility index (Phi) is 4.73. The minimum atomic E-state index is -0.430. The molecular formula is C23H27FO2. The Balaban J connectivity index is 1.60. The number of carbonyl (C=O) groups excluding carboxylic acids is 1. The van der Waals surface area contributed by atoms with E-state index in [1.807, 2.05) is 6.07 Å². The third kappa shape index (κ3) is 3.24. The number of benzene rings is 2. The molecule has 0 spiro atoms. The second-order valence-electron chi connectivity index (χ2n) is 8.38. The van der Waals surface area contributed by atoms with Gasteiger partial charge in [-0.3, -0.25) is 0 Å². The molecule has 0 radical (unpaired) electrons. The van der Waals surface area contributed by atoms with E-state index in [1.54, 1.807) is 18.2 Å². The van der Waals surface area contributed by atoms with Crippen molar-refractivity contribution in [1.29, 1.82) is 0 Å². The standard InChI is InChI=1S/C23H27FO2/c1-14-3-4-16-10-17(6-5-15(16)9-14)20-11-18-7-8-19(23(25)26-2)12-21(18)22(24)13-20/h7-8,11-17H,3-6,9-10H2,1-2H3/t14?,15-,16+,17?/m0/s1. The fraction of sp³-hybridized carbons (Fsp3) is 0.522. The van der Waals surface area contributed by atoms with Crippen LogP contribution in [0.5, 0.6) is 0 Å². The van der Waals surface area contributed by atoms with E-state index in [0.717, 1.165) is 28.7 Å². The van der Waals surface area contributed by atoms with Gasteiger partial charge in [0.1, 0.15) is 5.82 Å². The lowest BCUT2D eigenvalue weighted by atomic mass is 9.64. The maximum absolute atomic E-state index is 14.8. The van der Waals surface area contributed by atoms with Gasteiger partial charge >= 0.3 is 5.97 Å². The molecule has 4 rings (SSSR count). The smallest absolute Gasteiger partial charge is 0.337 e. The lowest BCUT2D eigenvalue weighted by molar-refractivity contribution is 0.0601. The molecule has 0 aromatic heterocycles. The minimum absolute atomic E-state index is 0.234. The van der Waals surface area contributed by atoms with Gasteiger partial charge in [-0.05, 0) is 84.9 Å². The molecule has 0 aliphatic heterocycles. The number of esters is 1. The van der Waals surface area contributed by atoms with Crippen LogP contribution in [0.2, 0.25) is 0 Å². The van der Waals surface area contributed by atoms with Crippen LogP contribution < -0.4 is 0 Å². The van der Waals surface area contributed by atoms with Gasteiger partial charge in [-0.25, -0.2) is 9.18 Å². The Bertz CT molecular complexity index is 828. The van der Waals surface area contributed by atoms with E-state index in [9.17, 15) is 9.18 Å². The van der Waals surface area contributed by atoms with E-state index in [4.69, 9.17) is 4.74 Å². The zero-order chi connectivity index (χ0) is 18.3. The molecule has 0 saturated heterocycles. The first-order valence-corrected chi connectivity index (χ1v) is 9.86. The van der Waals surface area contributed by atoms with Crippen molar-refractivity contribution >= 4 is 16.7 Å². The zero-order valence-corrected chi connectivity index (χ0v) is 15.6. The number of fused-ring (bicyclic) bond motifs is 2. The Hall–Kier alpha value is -1.90. The monoisotopic (exact) mass is 354 g/mol. The van der Waals surface area contributed by atoms with E-state index in [-0.39, 0.29) is 5.82 Å².